The molecule has 0 amide bonds. The first-order valence-electron chi connectivity index (χ1n) is 6.70. The van der Waals surface area contributed by atoms with Gasteiger partial charge in [0.2, 0.25) is 0 Å². The lowest BCUT2D eigenvalue weighted by Crippen LogP contribution is -2.09. The Morgan fingerprint density at radius 2 is 1.90 bits per heavy atom. The van der Waals surface area contributed by atoms with E-state index >= 15 is 0 Å². The fourth-order valence-electron chi connectivity index (χ4n) is 2.14. The molecule has 4 nitrogen and oxygen atoms in total. The monoisotopic (exact) mass is 285 g/mol. The van der Waals surface area contributed by atoms with E-state index in [1.54, 1.807) is 13.2 Å². The second kappa shape index (κ2) is 6.79. The minimum atomic E-state index is -0.321. The highest BCUT2D eigenvalue weighted by molar-refractivity contribution is 5.91. The Labute approximate surface area is 124 Å². The van der Waals surface area contributed by atoms with E-state index in [-0.39, 0.29) is 5.97 Å². The number of esters is 1. The Bertz CT molecular complexity index is 638. The molecule has 4 heteroatoms. The van der Waals surface area contributed by atoms with E-state index in [9.17, 15) is 4.79 Å². The maximum Gasteiger partial charge on any atom is 0.338 e. The summed E-state index contributed by atoms with van der Waals surface area (Å²) < 4.78 is 9.99. The van der Waals surface area contributed by atoms with Crippen LogP contribution in [0.4, 0.5) is 5.69 Å². The van der Waals surface area contributed by atoms with E-state index in [0.717, 1.165) is 22.6 Å². The molecular formula is C17H19NO3. The zero-order valence-electron chi connectivity index (χ0n) is 12.5. The van der Waals surface area contributed by atoms with Gasteiger partial charge in [-0.2, -0.15) is 0 Å². The fourth-order valence-corrected chi connectivity index (χ4v) is 2.14. The van der Waals surface area contributed by atoms with E-state index < -0.39 is 0 Å². The normalized spacial score (nSPS) is 10.0. The molecule has 0 heterocycles. The van der Waals surface area contributed by atoms with Crippen LogP contribution < -0.4 is 10.1 Å². The largest absolute Gasteiger partial charge is 0.497 e. The third-order valence-corrected chi connectivity index (χ3v) is 3.33. The van der Waals surface area contributed by atoms with Crippen LogP contribution >= 0.6 is 0 Å². The van der Waals surface area contributed by atoms with Crippen molar-refractivity contribution >= 4 is 11.7 Å². The van der Waals surface area contributed by atoms with Crippen LogP contribution in [0.1, 0.15) is 21.5 Å². The molecule has 0 aromatic heterocycles. The van der Waals surface area contributed by atoms with E-state index in [2.05, 4.69) is 5.32 Å². The number of hydrogen-bond acceptors (Lipinski definition) is 4. The number of hydrogen-bond donors (Lipinski definition) is 1. The van der Waals surface area contributed by atoms with Crippen LogP contribution in [0.3, 0.4) is 0 Å². The molecule has 0 saturated heterocycles. The lowest BCUT2D eigenvalue weighted by Gasteiger charge is -2.13. The zero-order valence-corrected chi connectivity index (χ0v) is 12.5. The molecule has 0 saturated carbocycles. The molecule has 0 bridgehead atoms. The van der Waals surface area contributed by atoms with Gasteiger partial charge in [-0.3, -0.25) is 0 Å². The van der Waals surface area contributed by atoms with Crippen molar-refractivity contribution in [3.8, 4) is 5.75 Å². The number of carbonyl (C=O) groups excluding carboxylic acids is 1. The van der Waals surface area contributed by atoms with Gasteiger partial charge in [0.1, 0.15) is 5.75 Å². The third-order valence-electron chi connectivity index (χ3n) is 3.33. The summed E-state index contributed by atoms with van der Waals surface area (Å²) in [5.74, 6) is 0.506. The first-order chi connectivity index (χ1) is 10.2. The van der Waals surface area contributed by atoms with Gasteiger partial charge in [0.25, 0.3) is 0 Å². The number of carbonyl (C=O) groups is 1. The van der Waals surface area contributed by atoms with Gasteiger partial charge in [-0.25, -0.2) is 4.79 Å². The summed E-state index contributed by atoms with van der Waals surface area (Å²) in [4.78, 5) is 11.7. The van der Waals surface area contributed by atoms with Gasteiger partial charge in [0.15, 0.2) is 0 Å². The Morgan fingerprint density at radius 1 is 1.14 bits per heavy atom. The summed E-state index contributed by atoms with van der Waals surface area (Å²) in [5, 5.41) is 3.34. The van der Waals surface area contributed by atoms with Crippen molar-refractivity contribution in [3.63, 3.8) is 0 Å². The molecule has 0 spiro atoms. The van der Waals surface area contributed by atoms with Gasteiger partial charge < -0.3 is 14.8 Å². The smallest absolute Gasteiger partial charge is 0.338 e. The summed E-state index contributed by atoms with van der Waals surface area (Å²) in [7, 11) is 3.04. The molecule has 0 aliphatic rings. The molecule has 0 aliphatic carbocycles. The molecule has 110 valence electrons. The molecule has 0 atom stereocenters. The standard InChI is InChI=1S/C17H19NO3/c1-12-10-14(20-2)8-9-16(12)18-11-13-6-4-5-7-15(13)17(19)21-3/h4-10,18H,11H2,1-3H3. The summed E-state index contributed by atoms with van der Waals surface area (Å²) in [6.45, 7) is 2.56. The van der Waals surface area contributed by atoms with Gasteiger partial charge >= 0.3 is 5.97 Å². The minimum Gasteiger partial charge on any atom is -0.497 e. The van der Waals surface area contributed by atoms with Gasteiger partial charge in [0.05, 0.1) is 19.8 Å². The highest BCUT2D eigenvalue weighted by Crippen LogP contribution is 2.22. The van der Waals surface area contributed by atoms with Crippen molar-refractivity contribution in [2.45, 2.75) is 13.5 Å². The number of ether oxygens (including phenoxy) is 2. The number of anilines is 1. The molecule has 0 unspecified atom stereocenters. The summed E-state index contributed by atoms with van der Waals surface area (Å²) in [6, 6.07) is 13.3. The second-order valence-corrected chi connectivity index (χ2v) is 4.68. The van der Waals surface area contributed by atoms with E-state index in [1.165, 1.54) is 7.11 Å². The van der Waals surface area contributed by atoms with Gasteiger partial charge in [-0.15, -0.1) is 0 Å². The fraction of sp³-hybridized carbons (Fsp3) is 0.235. The molecular weight excluding hydrogens is 266 g/mol. The Kier molecular flexibility index (Phi) is 4.82. The van der Waals surface area contributed by atoms with Gasteiger partial charge in [-0.1, -0.05) is 18.2 Å². The number of rotatable bonds is 5. The molecule has 0 radical (unpaired) electrons. The summed E-state index contributed by atoms with van der Waals surface area (Å²) >= 11 is 0. The molecule has 2 rings (SSSR count). The quantitative estimate of drug-likeness (QED) is 0.855. The van der Waals surface area contributed by atoms with Gasteiger partial charge in [0, 0.05) is 12.2 Å². The predicted molar refractivity (Wildman–Crippen MR) is 82.8 cm³/mol. The van der Waals surface area contributed by atoms with Crippen molar-refractivity contribution in [1.29, 1.82) is 0 Å². The lowest BCUT2D eigenvalue weighted by molar-refractivity contribution is 0.0599. The zero-order chi connectivity index (χ0) is 15.2. The molecule has 2 aromatic rings. The van der Waals surface area contributed by atoms with Crippen LogP contribution in [-0.2, 0) is 11.3 Å². The average molecular weight is 285 g/mol. The molecule has 0 aliphatic heterocycles. The number of methoxy groups -OCH3 is 2. The van der Waals surface area contributed by atoms with E-state index in [4.69, 9.17) is 9.47 Å². The van der Waals surface area contributed by atoms with Crippen molar-refractivity contribution in [1.82, 2.24) is 0 Å². The van der Waals surface area contributed by atoms with Gasteiger partial charge in [-0.05, 0) is 42.3 Å². The number of aryl methyl sites for hydroxylation is 1. The van der Waals surface area contributed by atoms with Crippen molar-refractivity contribution in [2.75, 3.05) is 19.5 Å². The summed E-state index contributed by atoms with van der Waals surface area (Å²) in [6.07, 6.45) is 0. The Hall–Kier alpha value is -2.49. The van der Waals surface area contributed by atoms with Crippen LogP contribution in [0.5, 0.6) is 5.75 Å². The minimum absolute atomic E-state index is 0.321. The van der Waals surface area contributed by atoms with Crippen LogP contribution in [0.15, 0.2) is 42.5 Å². The molecule has 1 N–H and O–H groups in total. The topological polar surface area (TPSA) is 47.6 Å². The highest BCUT2D eigenvalue weighted by atomic mass is 16.5. The maximum absolute atomic E-state index is 11.7. The maximum atomic E-state index is 11.7. The van der Waals surface area contributed by atoms with E-state index in [1.807, 2.05) is 43.3 Å². The average Bonchev–Trinajstić information content (AvgIpc) is 2.53. The SMILES string of the molecule is COC(=O)c1ccccc1CNc1ccc(OC)cc1C. The first kappa shape index (κ1) is 14.9. The van der Waals surface area contributed by atoms with E-state index in [0.29, 0.717) is 12.1 Å². The van der Waals surface area contributed by atoms with Crippen molar-refractivity contribution in [3.05, 3.63) is 59.2 Å². The van der Waals surface area contributed by atoms with Crippen LogP contribution in [0, 0.1) is 6.92 Å². The molecule has 0 fully saturated rings. The van der Waals surface area contributed by atoms with Crippen molar-refractivity contribution < 1.29 is 14.3 Å². The summed E-state index contributed by atoms with van der Waals surface area (Å²) in [5.41, 5.74) is 3.58. The van der Waals surface area contributed by atoms with Crippen LogP contribution in [-0.4, -0.2) is 20.2 Å². The van der Waals surface area contributed by atoms with Crippen LogP contribution in [0.2, 0.25) is 0 Å². The second-order valence-electron chi connectivity index (χ2n) is 4.68. The first-order valence-corrected chi connectivity index (χ1v) is 6.70. The number of nitrogens with one attached hydrogen (secondary N) is 1. The lowest BCUT2D eigenvalue weighted by atomic mass is 10.1. The van der Waals surface area contributed by atoms with Crippen LogP contribution in [0.25, 0.3) is 0 Å². The molecule has 21 heavy (non-hydrogen) atoms. The number of benzene rings is 2. The Morgan fingerprint density at radius 3 is 2.57 bits per heavy atom. The molecule has 2 aromatic carbocycles. The third kappa shape index (κ3) is 3.54. The highest BCUT2D eigenvalue weighted by Gasteiger charge is 2.10. The van der Waals surface area contributed by atoms with Crippen molar-refractivity contribution in [2.24, 2.45) is 0 Å². The predicted octanol–water partition coefficient (Wildman–Crippen LogP) is 3.40. The Balaban J connectivity index is 2.15.